The standard InChI is InChI=1S/C23H45NO3/c1-5-8-9-10-11-12-13-14-15-16-17-18-19-20-23(4,22(26)27)21(25)24(6-2)7-3/h5-20H2,1-4H3,(H,26,27). The van der Waals surface area contributed by atoms with Crippen molar-refractivity contribution in [2.24, 2.45) is 5.41 Å². The highest BCUT2D eigenvalue weighted by Gasteiger charge is 2.42. The quantitative estimate of drug-likeness (QED) is 0.219. The van der Waals surface area contributed by atoms with Gasteiger partial charge < -0.3 is 10.0 Å². The van der Waals surface area contributed by atoms with E-state index in [1.54, 1.807) is 11.8 Å². The molecule has 0 aliphatic rings. The van der Waals surface area contributed by atoms with Crippen LogP contribution in [0.25, 0.3) is 0 Å². The molecule has 0 aromatic heterocycles. The fourth-order valence-corrected chi connectivity index (χ4v) is 3.66. The Labute approximate surface area is 168 Å². The van der Waals surface area contributed by atoms with Crippen LogP contribution in [0.5, 0.6) is 0 Å². The summed E-state index contributed by atoms with van der Waals surface area (Å²) in [5.74, 6) is -1.22. The minimum Gasteiger partial charge on any atom is -0.480 e. The molecule has 27 heavy (non-hydrogen) atoms. The smallest absolute Gasteiger partial charge is 0.318 e. The average molecular weight is 384 g/mol. The van der Waals surface area contributed by atoms with Gasteiger partial charge in [0.15, 0.2) is 0 Å². The van der Waals surface area contributed by atoms with Crippen molar-refractivity contribution in [3.63, 3.8) is 0 Å². The van der Waals surface area contributed by atoms with E-state index in [4.69, 9.17) is 0 Å². The van der Waals surface area contributed by atoms with Gasteiger partial charge in [-0.05, 0) is 27.2 Å². The molecule has 0 saturated carbocycles. The molecule has 0 bridgehead atoms. The zero-order valence-electron chi connectivity index (χ0n) is 18.5. The minimum atomic E-state index is -1.27. The van der Waals surface area contributed by atoms with Crippen LogP contribution in [-0.2, 0) is 9.59 Å². The lowest BCUT2D eigenvalue weighted by molar-refractivity contribution is -0.160. The monoisotopic (exact) mass is 383 g/mol. The van der Waals surface area contributed by atoms with Crippen molar-refractivity contribution in [2.75, 3.05) is 13.1 Å². The van der Waals surface area contributed by atoms with E-state index in [1.807, 2.05) is 13.8 Å². The fourth-order valence-electron chi connectivity index (χ4n) is 3.66. The van der Waals surface area contributed by atoms with Crippen LogP contribution in [-0.4, -0.2) is 35.0 Å². The third-order valence-electron chi connectivity index (χ3n) is 5.78. The maximum atomic E-state index is 12.6. The van der Waals surface area contributed by atoms with Gasteiger partial charge in [-0.2, -0.15) is 0 Å². The van der Waals surface area contributed by atoms with Crippen molar-refractivity contribution in [1.82, 2.24) is 4.90 Å². The molecule has 0 aliphatic heterocycles. The third kappa shape index (κ3) is 10.8. The summed E-state index contributed by atoms with van der Waals surface area (Å²) < 4.78 is 0. The molecule has 0 heterocycles. The lowest BCUT2D eigenvalue weighted by atomic mass is 9.83. The first-order chi connectivity index (χ1) is 12.9. The van der Waals surface area contributed by atoms with Gasteiger partial charge in [-0.1, -0.05) is 90.4 Å². The van der Waals surface area contributed by atoms with Gasteiger partial charge in [0.25, 0.3) is 0 Å². The van der Waals surface area contributed by atoms with Crippen molar-refractivity contribution in [2.45, 2.75) is 118 Å². The van der Waals surface area contributed by atoms with Crippen LogP contribution in [0.1, 0.15) is 118 Å². The number of carbonyl (C=O) groups is 2. The summed E-state index contributed by atoms with van der Waals surface area (Å²) in [6.07, 6.45) is 16.8. The van der Waals surface area contributed by atoms with E-state index in [9.17, 15) is 14.7 Å². The summed E-state index contributed by atoms with van der Waals surface area (Å²) in [6.45, 7) is 8.78. The topological polar surface area (TPSA) is 57.6 Å². The molecule has 0 aromatic carbocycles. The second kappa shape index (κ2) is 15.9. The van der Waals surface area contributed by atoms with E-state index >= 15 is 0 Å². The molecular formula is C23H45NO3. The number of hydrogen-bond donors (Lipinski definition) is 1. The first-order valence-electron chi connectivity index (χ1n) is 11.5. The fraction of sp³-hybridized carbons (Fsp3) is 0.913. The Kier molecular flexibility index (Phi) is 15.3. The molecule has 1 amide bonds. The van der Waals surface area contributed by atoms with Crippen LogP contribution in [0.15, 0.2) is 0 Å². The number of nitrogens with zero attached hydrogens (tertiary/aromatic N) is 1. The summed E-state index contributed by atoms with van der Waals surface area (Å²) in [7, 11) is 0. The van der Waals surface area contributed by atoms with E-state index in [1.165, 1.54) is 64.2 Å². The second-order valence-electron chi connectivity index (χ2n) is 8.11. The molecule has 0 saturated heterocycles. The number of carboxylic acids is 1. The predicted molar refractivity (Wildman–Crippen MR) is 114 cm³/mol. The van der Waals surface area contributed by atoms with Crippen molar-refractivity contribution >= 4 is 11.9 Å². The summed E-state index contributed by atoms with van der Waals surface area (Å²) in [6, 6.07) is 0. The van der Waals surface area contributed by atoms with Crippen molar-refractivity contribution in [1.29, 1.82) is 0 Å². The molecule has 0 rings (SSSR count). The molecule has 0 radical (unpaired) electrons. The van der Waals surface area contributed by atoms with Gasteiger partial charge in [-0.25, -0.2) is 0 Å². The highest BCUT2D eigenvalue weighted by Crippen LogP contribution is 2.28. The van der Waals surface area contributed by atoms with Crippen molar-refractivity contribution in [3.05, 3.63) is 0 Å². The maximum Gasteiger partial charge on any atom is 0.318 e. The molecule has 4 nitrogen and oxygen atoms in total. The average Bonchev–Trinajstić information content (AvgIpc) is 2.65. The van der Waals surface area contributed by atoms with Crippen molar-refractivity contribution in [3.8, 4) is 0 Å². The molecule has 0 aliphatic carbocycles. The maximum absolute atomic E-state index is 12.6. The largest absolute Gasteiger partial charge is 0.480 e. The molecule has 0 fully saturated rings. The highest BCUT2D eigenvalue weighted by atomic mass is 16.4. The van der Waals surface area contributed by atoms with E-state index in [2.05, 4.69) is 6.92 Å². The van der Waals surface area contributed by atoms with Gasteiger partial charge in [0.2, 0.25) is 5.91 Å². The van der Waals surface area contributed by atoms with Crippen LogP contribution in [0.3, 0.4) is 0 Å². The van der Waals surface area contributed by atoms with Gasteiger partial charge >= 0.3 is 5.97 Å². The Hall–Kier alpha value is -1.06. The van der Waals surface area contributed by atoms with Gasteiger partial charge in [-0.15, -0.1) is 0 Å². The van der Waals surface area contributed by atoms with Crippen LogP contribution < -0.4 is 0 Å². The Balaban J connectivity index is 3.85. The molecule has 0 spiro atoms. The molecule has 0 aromatic rings. The van der Waals surface area contributed by atoms with E-state index in [0.29, 0.717) is 19.5 Å². The van der Waals surface area contributed by atoms with Gasteiger partial charge in [0.1, 0.15) is 5.41 Å². The van der Waals surface area contributed by atoms with E-state index in [-0.39, 0.29) is 5.91 Å². The van der Waals surface area contributed by atoms with Crippen LogP contribution >= 0.6 is 0 Å². The molecular weight excluding hydrogens is 338 g/mol. The summed E-state index contributed by atoms with van der Waals surface area (Å²) in [4.78, 5) is 25.9. The number of carbonyl (C=O) groups excluding carboxylic acids is 1. The lowest BCUT2D eigenvalue weighted by Gasteiger charge is -2.30. The number of aliphatic carboxylic acids is 1. The molecule has 1 atom stereocenters. The summed E-state index contributed by atoms with van der Waals surface area (Å²) in [5, 5.41) is 9.59. The van der Waals surface area contributed by atoms with Crippen molar-refractivity contribution < 1.29 is 14.7 Å². The van der Waals surface area contributed by atoms with Gasteiger partial charge in [0.05, 0.1) is 0 Å². The normalized spacial score (nSPS) is 13.3. The molecule has 1 unspecified atom stereocenters. The third-order valence-corrected chi connectivity index (χ3v) is 5.78. The zero-order valence-corrected chi connectivity index (χ0v) is 18.5. The molecule has 4 heteroatoms. The summed E-state index contributed by atoms with van der Waals surface area (Å²) in [5.41, 5.74) is -1.27. The second-order valence-corrected chi connectivity index (χ2v) is 8.11. The minimum absolute atomic E-state index is 0.237. The van der Waals surface area contributed by atoms with Crippen LogP contribution in [0, 0.1) is 5.41 Å². The Bertz CT molecular complexity index is 393. The van der Waals surface area contributed by atoms with Gasteiger partial charge in [0, 0.05) is 13.1 Å². The predicted octanol–water partition coefficient (Wildman–Crippen LogP) is 6.43. The number of amides is 1. The highest BCUT2D eigenvalue weighted by molar-refractivity contribution is 6.01. The number of carboxylic acid groups (broad SMARTS) is 1. The Morgan fingerprint density at radius 2 is 1.07 bits per heavy atom. The van der Waals surface area contributed by atoms with Crippen LogP contribution in [0.2, 0.25) is 0 Å². The Morgan fingerprint density at radius 3 is 1.41 bits per heavy atom. The van der Waals surface area contributed by atoms with Crippen LogP contribution in [0.4, 0.5) is 0 Å². The number of unbranched alkanes of at least 4 members (excludes halogenated alkanes) is 12. The zero-order chi connectivity index (χ0) is 20.5. The first-order valence-corrected chi connectivity index (χ1v) is 11.5. The first kappa shape index (κ1) is 25.9. The number of hydrogen-bond acceptors (Lipinski definition) is 2. The Morgan fingerprint density at radius 1 is 0.704 bits per heavy atom. The van der Waals surface area contributed by atoms with E-state index in [0.717, 1.165) is 19.3 Å². The lowest BCUT2D eigenvalue weighted by Crippen LogP contribution is -2.46. The number of rotatable bonds is 18. The van der Waals surface area contributed by atoms with E-state index < -0.39 is 11.4 Å². The molecule has 160 valence electrons. The summed E-state index contributed by atoms with van der Waals surface area (Å²) >= 11 is 0. The SMILES string of the molecule is CCCCCCCCCCCCCCCC(C)(C(=O)O)C(=O)N(CC)CC. The van der Waals surface area contributed by atoms with Gasteiger partial charge in [-0.3, -0.25) is 9.59 Å². The molecule has 1 N–H and O–H groups in total.